The highest BCUT2D eigenvalue weighted by atomic mass is 32.2. The van der Waals surface area contributed by atoms with Gasteiger partial charge in [0.1, 0.15) is 6.04 Å². The number of ether oxygens (including phenoxy) is 1. The second kappa shape index (κ2) is 5.18. The molecule has 0 aromatic carbocycles. The summed E-state index contributed by atoms with van der Waals surface area (Å²) in [7, 11) is 1.54. The summed E-state index contributed by atoms with van der Waals surface area (Å²) in [5.74, 6) is 0.195. The Morgan fingerprint density at radius 1 is 1.67 bits per heavy atom. The van der Waals surface area contributed by atoms with Crippen LogP contribution in [0.25, 0.3) is 0 Å². The Morgan fingerprint density at radius 2 is 2.33 bits per heavy atom. The minimum absolute atomic E-state index is 0.139. The minimum Gasteiger partial charge on any atom is -0.480 e. The monoisotopic (exact) mass is 233 g/mol. The zero-order chi connectivity index (χ0) is 11.5. The molecule has 1 saturated heterocycles. The Morgan fingerprint density at radius 3 is 2.80 bits per heavy atom. The molecule has 0 saturated carbocycles. The van der Waals surface area contributed by atoms with Crippen molar-refractivity contribution in [1.82, 2.24) is 4.90 Å². The van der Waals surface area contributed by atoms with Gasteiger partial charge in [0.15, 0.2) is 0 Å². The molecule has 1 fully saturated rings. The van der Waals surface area contributed by atoms with E-state index in [0.717, 1.165) is 18.8 Å². The van der Waals surface area contributed by atoms with Crippen LogP contribution in [0.5, 0.6) is 0 Å². The van der Waals surface area contributed by atoms with E-state index in [1.807, 2.05) is 16.7 Å². The normalized spacial score (nSPS) is 23.7. The molecule has 1 aliphatic rings. The largest absolute Gasteiger partial charge is 0.480 e. The van der Waals surface area contributed by atoms with E-state index < -0.39 is 12.0 Å². The van der Waals surface area contributed by atoms with Crippen LogP contribution in [-0.2, 0) is 9.53 Å². The predicted molar refractivity (Wildman–Crippen MR) is 61.4 cm³/mol. The highest BCUT2D eigenvalue weighted by Gasteiger charge is 2.34. The van der Waals surface area contributed by atoms with Gasteiger partial charge in [-0.15, -0.1) is 0 Å². The van der Waals surface area contributed by atoms with Crippen molar-refractivity contribution in [3.05, 3.63) is 0 Å². The zero-order valence-corrected chi connectivity index (χ0v) is 10.3. The maximum atomic E-state index is 11.1. The van der Waals surface area contributed by atoms with Crippen molar-refractivity contribution in [2.45, 2.75) is 24.6 Å². The highest BCUT2D eigenvalue weighted by Crippen LogP contribution is 2.30. The van der Waals surface area contributed by atoms with Crippen molar-refractivity contribution < 1.29 is 14.6 Å². The summed E-state index contributed by atoms with van der Waals surface area (Å²) in [5, 5.41) is 9.10. The first-order chi connectivity index (χ1) is 6.96. The first kappa shape index (κ1) is 12.8. The molecule has 0 spiro atoms. The van der Waals surface area contributed by atoms with Gasteiger partial charge in [-0.05, 0) is 13.8 Å². The molecule has 0 amide bonds. The van der Waals surface area contributed by atoms with Gasteiger partial charge in [0.2, 0.25) is 0 Å². The highest BCUT2D eigenvalue weighted by molar-refractivity contribution is 8.00. The summed E-state index contributed by atoms with van der Waals surface area (Å²) < 4.78 is 5.10. The number of thioether (sulfide) groups is 1. The van der Waals surface area contributed by atoms with E-state index in [1.54, 1.807) is 7.11 Å². The maximum Gasteiger partial charge on any atom is 0.323 e. The fourth-order valence-electron chi connectivity index (χ4n) is 1.81. The van der Waals surface area contributed by atoms with Gasteiger partial charge < -0.3 is 9.84 Å². The van der Waals surface area contributed by atoms with Gasteiger partial charge in [0.05, 0.1) is 6.61 Å². The van der Waals surface area contributed by atoms with Gasteiger partial charge in [-0.1, -0.05) is 0 Å². The molecular weight excluding hydrogens is 214 g/mol. The lowest BCUT2D eigenvalue weighted by Gasteiger charge is -2.40. The number of hydrogen-bond donors (Lipinski definition) is 1. The fraction of sp³-hybridized carbons (Fsp3) is 0.900. The standard InChI is InChI=1S/C10H19NO3S/c1-10(2)7-11(4-5-15-10)8(6-14-3)9(12)13/h8H,4-7H2,1-3H3,(H,12,13). The topological polar surface area (TPSA) is 49.8 Å². The lowest BCUT2D eigenvalue weighted by molar-refractivity contribution is -0.145. The molecule has 0 bridgehead atoms. The van der Waals surface area contributed by atoms with Crippen LogP contribution >= 0.6 is 11.8 Å². The second-order valence-corrected chi connectivity index (χ2v) is 6.19. The molecule has 1 heterocycles. The fourth-order valence-corrected chi connectivity index (χ4v) is 2.95. The van der Waals surface area contributed by atoms with Crippen molar-refractivity contribution in [2.24, 2.45) is 0 Å². The number of carboxylic acid groups (broad SMARTS) is 1. The maximum absolute atomic E-state index is 11.1. The molecule has 1 N–H and O–H groups in total. The first-order valence-electron chi connectivity index (χ1n) is 5.06. The molecule has 0 aliphatic carbocycles. The van der Waals surface area contributed by atoms with Gasteiger partial charge >= 0.3 is 5.97 Å². The van der Waals surface area contributed by atoms with E-state index in [4.69, 9.17) is 9.84 Å². The van der Waals surface area contributed by atoms with Gasteiger partial charge in [-0.25, -0.2) is 0 Å². The SMILES string of the molecule is COCC(C(=O)O)N1CCSC(C)(C)C1. The smallest absolute Gasteiger partial charge is 0.323 e. The Labute approximate surface area is 95.0 Å². The van der Waals surface area contributed by atoms with Gasteiger partial charge in [-0.3, -0.25) is 9.69 Å². The van der Waals surface area contributed by atoms with Crippen LogP contribution in [0.1, 0.15) is 13.8 Å². The van der Waals surface area contributed by atoms with E-state index in [2.05, 4.69) is 13.8 Å². The molecule has 0 aromatic rings. The molecule has 0 radical (unpaired) electrons. The van der Waals surface area contributed by atoms with Gasteiger partial charge in [-0.2, -0.15) is 11.8 Å². The summed E-state index contributed by atoms with van der Waals surface area (Å²) in [6.45, 7) is 6.19. The third-order valence-corrected chi connectivity index (χ3v) is 3.80. The first-order valence-corrected chi connectivity index (χ1v) is 6.04. The number of methoxy groups -OCH3 is 1. The van der Waals surface area contributed by atoms with E-state index in [1.165, 1.54) is 0 Å². The molecule has 88 valence electrons. The molecule has 1 rings (SSSR count). The molecule has 1 atom stereocenters. The Balaban J connectivity index is 2.63. The minimum atomic E-state index is -0.792. The molecule has 1 aliphatic heterocycles. The molecule has 0 aromatic heterocycles. The number of hydrogen-bond acceptors (Lipinski definition) is 4. The molecule has 15 heavy (non-hydrogen) atoms. The average molecular weight is 233 g/mol. The Bertz CT molecular complexity index is 233. The van der Waals surface area contributed by atoms with Gasteiger partial charge in [0.25, 0.3) is 0 Å². The summed E-state index contributed by atoms with van der Waals surface area (Å²) in [6.07, 6.45) is 0. The van der Waals surface area contributed by atoms with E-state index in [0.29, 0.717) is 0 Å². The van der Waals surface area contributed by atoms with Crippen molar-refractivity contribution >= 4 is 17.7 Å². The Hall–Kier alpha value is -0.260. The van der Waals surface area contributed by atoms with Crippen LogP contribution in [0.2, 0.25) is 0 Å². The van der Waals surface area contributed by atoms with Crippen LogP contribution in [0, 0.1) is 0 Å². The molecule has 4 nitrogen and oxygen atoms in total. The van der Waals surface area contributed by atoms with Crippen LogP contribution in [0.15, 0.2) is 0 Å². The summed E-state index contributed by atoms with van der Waals surface area (Å²) in [6, 6.07) is -0.504. The van der Waals surface area contributed by atoms with Crippen LogP contribution in [0.3, 0.4) is 0 Å². The molecular formula is C10H19NO3S. The summed E-state index contributed by atoms with van der Waals surface area (Å²) >= 11 is 1.90. The number of rotatable bonds is 4. The summed E-state index contributed by atoms with van der Waals surface area (Å²) in [4.78, 5) is 13.1. The average Bonchev–Trinajstić information content (AvgIpc) is 2.11. The van der Waals surface area contributed by atoms with Crippen LogP contribution < -0.4 is 0 Å². The molecule has 5 heteroatoms. The second-order valence-electron chi connectivity index (χ2n) is 4.39. The van der Waals surface area contributed by atoms with E-state index >= 15 is 0 Å². The van der Waals surface area contributed by atoms with Crippen molar-refractivity contribution in [3.8, 4) is 0 Å². The number of carboxylic acids is 1. The number of carbonyl (C=O) groups is 1. The van der Waals surface area contributed by atoms with Crippen LogP contribution in [-0.4, -0.2) is 59.3 Å². The summed E-state index contributed by atoms with van der Waals surface area (Å²) in [5.41, 5.74) is 0. The Kier molecular flexibility index (Phi) is 4.43. The quantitative estimate of drug-likeness (QED) is 0.782. The number of nitrogens with zero attached hydrogens (tertiary/aromatic N) is 1. The lowest BCUT2D eigenvalue weighted by atomic mass is 10.1. The third-order valence-electron chi connectivity index (χ3n) is 2.51. The third kappa shape index (κ3) is 3.66. The van der Waals surface area contributed by atoms with E-state index in [-0.39, 0.29) is 11.4 Å². The van der Waals surface area contributed by atoms with Crippen molar-refractivity contribution in [1.29, 1.82) is 0 Å². The molecule has 1 unspecified atom stereocenters. The van der Waals surface area contributed by atoms with Crippen molar-refractivity contribution in [3.63, 3.8) is 0 Å². The van der Waals surface area contributed by atoms with E-state index in [9.17, 15) is 4.79 Å². The van der Waals surface area contributed by atoms with Crippen molar-refractivity contribution in [2.75, 3.05) is 32.6 Å². The predicted octanol–water partition coefficient (Wildman–Crippen LogP) is 0.913. The zero-order valence-electron chi connectivity index (χ0n) is 9.52. The van der Waals surface area contributed by atoms with Gasteiger partial charge in [0, 0.05) is 30.7 Å². The lowest BCUT2D eigenvalue weighted by Crippen LogP contribution is -2.52. The van der Waals surface area contributed by atoms with Crippen LogP contribution in [0.4, 0.5) is 0 Å². The number of aliphatic carboxylic acids is 1.